The van der Waals surface area contributed by atoms with Gasteiger partial charge >= 0.3 is 5.97 Å². The van der Waals surface area contributed by atoms with Crippen molar-refractivity contribution < 1.29 is 14.3 Å². The van der Waals surface area contributed by atoms with E-state index in [0.29, 0.717) is 19.6 Å². The van der Waals surface area contributed by atoms with Crippen LogP contribution in [-0.2, 0) is 17.9 Å². The largest absolute Gasteiger partial charge is 0.481 e. The van der Waals surface area contributed by atoms with Gasteiger partial charge in [0, 0.05) is 32.7 Å². The molecule has 0 spiro atoms. The van der Waals surface area contributed by atoms with E-state index in [2.05, 4.69) is 41.0 Å². The number of rotatable bonds is 5. The molecule has 1 aromatic heterocycles. The lowest BCUT2D eigenvalue weighted by Gasteiger charge is -2.22. The smallest absolute Gasteiger partial charge is 0.309 e. The molecule has 24 heavy (non-hydrogen) atoms. The summed E-state index contributed by atoms with van der Waals surface area (Å²) in [5.41, 5.74) is 2.47. The highest BCUT2D eigenvalue weighted by atomic mass is 16.4. The van der Waals surface area contributed by atoms with E-state index in [0.717, 1.165) is 25.4 Å². The average molecular weight is 328 g/mol. The minimum absolute atomic E-state index is 0.382. The minimum atomic E-state index is -0.726. The number of carbonyl (C=O) groups is 1. The van der Waals surface area contributed by atoms with E-state index in [9.17, 15) is 9.90 Å². The van der Waals surface area contributed by atoms with Crippen molar-refractivity contribution in [3.63, 3.8) is 0 Å². The van der Waals surface area contributed by atoms with Gasteiger partial charge in [-0.2, -0.15) is 0 Å². The number of benzene rings is 1. The molecule has 1 fully saturated rings. The van der Waals surface area contributed by atoms with Crippen LogP contribution in [0, 0.1) is 12.8 Å². The van der Waals surface area contributed by atoms with Crippen LogP contribution in [-0.4, -0.2) is 47.1 Å². The highest BCUT2D eigenvalue weighted by Gasteiger charge is 2.28. The van der Waals surface area contributed by atoms with Gasteiger partial charge in [-0.15, -0.1) is 0 Å². The molecule has 0 amide bonds. The van der Waals surface area contributed by atoms with E-state index in [1.807, 2.05) is 12.1 Å². The van der Waals surface area contributed by atoms with Gasteiger partial charge in [0.15, 0.2) is 0 Å². The molecule has 1 aliphatic rings. The van der Waals surface area contributed by atoms with Crippen molar-refractivity contribution in [1.29, 1.82) is 0 Å². The fourth-order valence-corrected chi connectivity index (χ4v) is 3.28. The van der Waals surface area contributed by atoms with Crippen LogP contribution < -0.4 is 0 Å². The number of nitrogens with zero attached hydrogens (tertiary/aromatic N) is 2. The molecule has 0 aliphatic carbocycles. The Balaban J connectivity index is 1.67. The SMILES string of the molecule is Cc1cccc(CN2CCN(Cc3ccco3)C[C@H](C(=O)O)C2)c1. The zero-order valence-electron chi connectivity index (χ0n) is 14.0. The molecule has 128 valence electrons. The maximum absolute atomic E-state index is 11.6. The second kappa shape index (κ2) is 7.64. The molecule has 1 N–H and O–H groups in total. The minimum Gasteiger partial charge on any atom is -0.481 e. The fraction of sp³-hybridized carbons (Fsp3) is 0.421. The van der Waals surface area contributed by atoms with Gasteiger partial charge in [-0.05, 0) is 24.6 Å². The normalized spacial score (nSPS) is 20.0. The third-order valence-corrected chi connectivity index (χ3v) is 4.49. The summed E-state index contributed by atoms with van der Waals surface area (Å²) in [5, 5.41) is 9.56. The number of carboxylic acid groups (broad SMARTS) is 1. The van der Waals surface area contributed by atoms with Crippen LogP contribution in [0.1, 0.15) is 16.9 Å². The van der Waals surface area contributed by atoms with Crippen LogP contribution in [0.5, 0.6) is 0 Å². The molecule has 5 nitrogen and oxygen atoms in total. The van der Waals surface area contributed by atoms with Crippen LogP contribution in [0.3, 0.4) is 0 Å². The van der Waals surface area contributed by atoms with E-state index in [-0.39, 0.29) is 5.92 Å². The molecule has 0 bridgehead atoms. The van der Waals surface area contributed by atoms with Gasteiger partial charge in [-0.3, -0.25) is 14.6 Å². The molecule has 2 aromatic rings. The lowest BCUT2D eigenvalue weighted by Crippen LogP contribution is -2.34. The highest BCUT2D eigenvalue weighted by Crippen LogP contribution is 2.16. The van der Waals surface area contributed by atoms with Crippen molar-refractivity contribution >= 4 is 5.97 Å². The van der Waals surface area contributed by atoms with Gasteiger partial charge in [0.25, 0.3) is 0 Å². The summed E-state index contributed by atoms with van der Waals surface area (Å²) in [6.45, 7) is 6.37. The lowest BCUT2D eigenvalue weighted by atomic mass is 10.1. The van der Waals surface area contributed by atoms with Crippen LogP contribution >= 0.6 is 0 Å². The Kier molecular flexibility index (Phi) is 5.33. The number of aliphatic carboxylic acids is 1. The first-order chi connectivity index (χ1) is 11.6. The van der Waals surface area contributed by atoms with Crippen molar-refractivity contribution in [3.8, 4) is 0 Å². The molecular formula is C19H24N2O3. The van der Waals surface area contributed by atoms with Gasteiger partial charge in [-0.1, -0.05) is 29.8 Å². The third kappa shape index (κ3) is 4.46. The van der Waals surface area contributed by atoms with E-state index in [1.165, 1.54) is 11.1 Å². The predicted molar refractivity (Wildman–Crippen MR) is 91.6 cm³/mol. The molecule has 0 radical (unpaired) electrons. The van der Waals surface area contributed by atoms with Gasteiger partial charge in [0.2, 0.25) is 0 Å². The Labute approximate surface area is 142 Å². The van der Waals surface area contributed by atoms with Crippen LogP contribution in [0.15, 0.2) is 47.1 Å². The molecule has 1 aromatic carbocycles. The molecule has 5 heteroatoms. The zero-order chi connectivity index (χ0) is 16.9. The summed E-state index contributed by atoms with van der Waals surface area (Å²) in [6, 6.07) is 12.2. The van der Waals surface area contributed by atoms with Gasteiger partial charge in [0.05, 0.1) is 18.7 Å². The molecule has 0 saturated carbocycles. The summed E-state index contributed by atoms with van der Waals surface area (Å²) in [4.78, 5) is 16.1. The Morgan fingerprint density at radius 3 is 2.54 bits per heavy atom. The predicted octanol–water partition coefficient (Wildman–Crippen LogP) is 2.61. The van der Waals surface area contributed by atoms with Crippen LogP contribution in [0.4, 0.5) is 0 Å². The van der Waals surface area contributed by atoms with E-state index in [1.54, 1.807) is 6.26 Å². The van der Waals surface area contributed by atoms with Crippen LogP contribution in [0.2, 0.25) is 0 Å². The average Bonchev–Trinajstić information content (AvgIpc) is 2.96. The lowest BCUT2D eigenvalue weighted by molar-refractivity contribution is -0.142. The maximum atomic E-state index is 11.6. The fourth-order valence-electron chi connectivity index (χ4n) is 3.28. The first kappa shape index (κ1) is 16.7. The topological polar surface area (TPSA) is 56.9 Å². The van der Waals surface area contributed by atoms with Crippen molar-refractivity contribution in [1.82, 2.24) is 9.80 Å². The van der Waals surface area contributed by atoms with E-state index in [4.69, 9.17) is 4.42 Å². The standard InChI is InChI=1S/C19H24N2O3/c1-15-4-2-5-16(10-15)11-20-7-8-21(13-17(12-20)19(22)23)14-18-6-3-9-24-18/h2-6,9-10,17H,7-8,11-14H2,1H3,(H,22,23)/t17-/m1/s1. The first-order valence-electron chi connectivity index (χ1n) is 8.35. The molecule has 1 aliphatic heterocycles. The summed E-state index contributed by atoms with van der Waals surface area (Å²) < 4.78 is 5.41. The second-order valence-corrected chi connectivity index (χ2v) is 6.57. The summed E-state index contributed by atoms with van der Waals surface area (Å²) in [5.74, 6) is -0.228. The Bertz CT molecular complexity index is 669. The molecule has 1 atom stereocenters. The Morgan fingerprint density at radius 2 is 1.92 bits per heavy atom. The van der Waals surface area contributed by atoms with Crippen molar-refractivity contribution in [2.24, 2.45) is 5.92 Å². The first-order valence-corrected chi connectivity index (χ1v) is 8.35. The third-order valence-electron chi connectivity index (χ3n) is 4.49. The Morgan fingerprint density at radius 1 is 1.17 bits per heavy atom. The molecule has 0 unspecified atom stereocenters. The number of hydrogen-bond donors (Lipinski definition) is 1. The summed E-state index contributed by atoms with van der Waals surface area (Å²) in [7, 11) is 0. The highest BCUT2D eigenvalue weighted by molar-refractivity contribution is 5.70. The quantitative estimate of drug-likeness (QED) is 0.914. The van der Waals surface area contributed by atoms with Crippen molar-refractivity contribution in [2.45, 2.75) is 20.0 Å². The van der Waals surface area contributed by atoms with E-state index < -0.39 is 5.97 Å². The number of furan rings is 1. The van der Waals surface area contributed by atoms with Gasteiger partial charge < -0.3 is 9.52 Å². The van der Waals surface area contributed by atoms with Crippen molar-refractivity contribution in [2.75, 3.05) is 26.2 Å². The van der Waals surface area contributed by atoms with Crippen molar-refractivity contribution in [3.05, 3.63) is 59.5 Å². The van der Waals surface area contributed by atoms with Gasteiger partial charge in [-0.25, -0.2) is 0 Å². The van der Waals surface area contributed by atoms with Crippen LogP contribution in [0.25, 0.3) is 0 Å². The molecular weight excluding hydrogens is 304 g/mol. The number of aryl methyl sites for hydroxylation is 1. The number of carboxylic acids is 1. The molecule has 1 saturated heterocycles. The monoisotopic (exact) mass is 328 g/mol. The second-order valence-electron chi connectivity index (χ2n) is 6.57. The maximum Gasteiger partial charge on any atom is 0.309 e. The zero-order valence-corrected chi connectivity index (χ0v) is 14.0. The number of hydrogen-bond acceptors (Lipinski definition) is 4. The molecule has 2 heterocycles. The Hall–Kier alpha value is -2.11. The summed E-state index contributed by atoms with van der Waals surface area (Å²) in [6.07, 6.45) is 1.66. The summed E-state index contributed by atoms with van der Waals surface area (Å²) >= 11 is 0. The van der Waals surface area contributed by atoms with E-state index >= 15 is 0 Å². The van der Waals surface area contributed by atoms with Gasteiger partial charge in [0.1, 0.15) is 5.76 Å². The molecule has 3 rings (SSSR count).